The van der Waals surface area contributed by atoms with E-state index in [1.54, 1.807) is 44.1 Å². The van der Waals surface area contributed by atoms with Gasteiger partial charge in [-0.15, -0.1) is 0 Å². The van der Waals surface area contributed by atoms with Crippen LogP contribution >= 0.6 is 0 Å². The minimum atomic E-state index is -0.632. The minimum absolute atomic E-state index is 0.155. The van der Waals surface area contributed by atoms with Gasteiger partial charge in [0.15, 0.2) is 5.88 Å². The maximum absolute atomic E-state index is 11.5. The monoisotopic (exact) mass is 310 g/mol. The molecule has 8 nitrogen and oxygen atoms in total. The number of nitrogens with one attached hydrogen (secondary N) is 2. The fraction of sp³-hybridized carbons (Fsp3) is 0.500. The lowest BCUT2D eigenvalue weighted by Gasteiger charge is -2.19. The first-order valence-corrected chi connectivity index (χ1v) is 6.81. The van der Waals surface area contributed by atoms with Crippen molar-refractivity contribution in [2.75, 3.05) is 19.7 Å². The number of amides is 2. The fourth-order valence-electron chi connectivity index (χ4n) is 1.37. The molecule has 0 unspecified atom stereocenters. The van der Waals surface area contributed by atoms with Crippen LogP contribution in [0.4, 0.5) is 4.79 Å². The number of ether oxygens (including phenoxy) is 2. The maximum atomic E-state index is 11.5. The summed E-state index contributed by atoms with van der Waals surface area (Å²) < 4.78 is 12.0. The molecule has 2 N–H and O–H groups in total. The smallest absolute Gasteiger partial charge is 0.408 e. The summed E-state index contributed by atoms with van der Waals surface area (Å²) in [5.41, 5.74) is -0.595. The van der Waals surface area contributed by atoms with Crippen LogP contribution in [0.3, 0.4) is 0 Å². The molecule has 8 heteroatoms. The number of hydrogen-bond acceptors (Lipinski definition) is 5. The maximum Gasteiger partial charge on any atom is 0.408 e. The van der Waals surface area contributed by atoms with Crippen molar-refractivity contribution in [3.8, 4) is 0 Å². The average Bonchev–Trinajstić information content (AvgIpc) is 2.93. The zero-order valence-corrected chi connectivity index (χ0v) is 13.1. The van der Waals surface area contributed by atoms with Crippen molar-refractivity contribution in [2.45, 2.75) is 26.4 Å². The van der Waals surface area contributed by atoms with Gasteiger partial charge in [0.1, 0.15) is 18.5 Å². The van der Waals surface area contributed by atoms with Gasteiger partial charge >= 0.3 is 6.09 Å². The van der Waals surface area contributed by atoms with Crippen LogP contribution in [0.1, 0.15) is 20.8 Å². The first kappa shape index (κ1) is 17.5. The molecule has 1 aromatic heterocycles. The number of rotatable bonds is 7. The number of alkyl carbamates (subject to hydrolysis) is 1. The summed E-state index contributed by atoms with van der Waals surface area (Å²) in [5, 5.41) is 4.97. The molecule has 0 saturated heterocycles. The molecule has 0 fully saturated rings. The van der Waals surface area contributed by atoms with Crippen molar-refractivity contribution >= 4 is 17.9 Å². The van der Waals surface area contributed by atoms with E-state index in [-0.39, 0.29) is 19.1 Å². The van der Waals surface area contributed by atoms with Crippen molar-refractivity contribution < 1.29 is 19.1 Å². The van der Waals surface area contributed by atoms with Crippen LogP contribution in [0.15, 0.2) is 25.3 Å². The Morgan fingerprint density at radius 1 is 1.32 bits per heavy atom. The van der Waals surface area contributed by atoms with Crippen molar-refractivity contribution in [1.82, 2.24) is 20.2 Å². The summed E-state index contributed by atoms with van der Waals surface area (Å²) >= 11 is 0. The van der Waals surface area contributed by atoms with Crippen LogP contribution in [0, 0.1) is 0 Å². The molecule has 0 aliphatic heterocycles. The van der Waals surface area contributed by atoms with Gasteiger partial charge in [0.2, 0.25) is 5.91 Å². The molecule has 0 spiro atoms. The summed E-state index contributed by atoms with van der Waals surface area (Å²) in [5.74, 6) is 0.0846. The van der Waals surface area contributed by atoms with Gasteiger partial charge in [0.25, 0.3) is 0 Å². The van der Waals surface area contributed by atoms with Gasteiger partial charge in [-0.25, -0.2) is 9.78 Å². The molecule has 0 radical (unpaired) electrons. The molecule has 0 bridgehead atoms. The molecule has 122 valence electrons. The summed E-state index contributed by atoms with van der Waals surface area (Å²) in [4.78, 5) is 26.7. The molecule has 0 atom stereocenters. The first-order valence-electron chi connectivity index (χ1n) is 6.81. The molecule has 0 aliphatic rings. The van der Waals surface area contributed by atoms with E-state index < -0.39 is 11.7 Å². The van der Waals surface area contributed by atoms with E-state index in [0.29, 0.717) is 12.4 Å². The predicted octanol–water partition coefficient (Wildman–Crippen LogP) is 0.969. The number of hydrogen-bond donors (Lipinski definition) is 2. The van der Waals surface area contributed by atoms with E-state index in [1.807, 2.05) is 0 Å². The lowest BCUT2D eigenvalue weighted by Crippen LogP contribution is -2.40. The summed E-state index contributed by atoms with van der Waals surface area (Å²) in [6.07, 6.45) is 4.24. The van der Waals surface area contributed by atoms with Gasteiger partial charge in [-0.3, -0.25) is 9.36 Å². The highest BCUT2D eigenvalue weighted by atomic mass is 16.6. The molecule has 22 heavy (non-hydrogen) atoms. The van der Waals surface area contributed by atoms with E-state index in [0.717, 1.165) is 0 Å². The quantitative estimate of drug-likeness (QED) is 0.578. The van der Waals surface area contributed by atoms with Crippen molar-refractivity contribution in [3.05, 3.63) is 25.3 Å². The normalized spacial score (nSPS) is 10.7. The Bertz CT molecular complexity index is 505. The molecule has 2 amide bonds. The Balaban J connectivity index is 2.11. The van der Waals surface area contributed by atoms with Crippen molar-refractivity contribution in [2.24, 2.45) is 0 Å². The SMILES string of the molecule is C=C(OCCNC(=O)CNC(=O)OC(C)(C)C)n1ccnc1. The summed E-state index contributed by atoms with van der Waals surface area (Å²) in [7, 11) is 0. The Morgan fingerprint density at radius 2 is 2.05 bits per heavy atom. The Labute approximate surface area is 129 Å². The highest BCUT2D eigenvalue weighted by molar-refractivity contribution is 5.82. The van der Waals surface area contributed by atoms with Gasteiger partial charge in [-0.1, -0.05) is 0 Å². The topological polar surface area (TPSA) is 94.5 Å². The van der Waals surface area contributed by atoms with Gasteiger partial charge in [0, 0.05) is 12.4 Å². The molecular weight excluding hydrogens is 288 g/mol. The Hall–Kier alpha value is -2.51. The van der Waals surface area contributed by atoms with Crippen LogP contribution in [-0.4, -0.2) is 46.8 Å². The average molecular weight is 310 g/mol. The van der Waals surface area contributed by atoms with Crippen molar-refractivity contribution in [1.29, 1.82) is 0 Å². The molecule has 0 aromatic carbocycles. The number of nitrogens with zero attached hydrogens (tertiary/aromatic N) is 2. The predicted molar refractivity (Wildman–Crippen MR) is 80.8 cm³/mol. The minimum Gasteiger partial charge on any atom is -0.477 e. The second kappa shape index (κ2) is 8.06. The standard InChI is InChI=1S/C14H22N4O4/c1-11(18-7-5-15-10-18)21-8-6-16-12(19)9-17-13(20)22-14(2,3)4/h5,7,10H,1,6,8-9H2,2-4H3,(H,16,19)(H,17,20). The zero-order valence-electron chi connectivity index (χ0n) is 13.1. The third kappa shape index (κ3) is 7.32. The van der Waals surface area contributed by atoms with Gasteiger partial charge in [0.05, 0.1) is 13.1 Å². The summed E-state index contributed by atoms with van der Waals surface area (Å²) in [6, 6.07) is 0. The zero-order chi connectivity index (χ0) is 16.6. The molecule has 0 aliphatic carbocycles. The number of carbonyl (C=O) groups excluding carboxylic acids is 2. The van der Waals surface area contributed by atoms with E-state index in [1.165, 1.54) is 0 Å². The van der Waals surface area contributed by atoms with Gasteiger partial charge in [-0.2, -0.15) is 0 Å². The second-order valence-corrected chi connectivity index (χ2v) is 5.42. The lowest BCUT2D eigenvalue weighted by atomic mass is 10.2. The number of imidazole rings is 1. The van der Waals surface area contributed by atoms with Crippen LogP contribution in [0.5, 0.6) is 0 Å². The first-order chi connectivity index (χ1) is 10.3. The molecule has 1 heterocycles. The van der Waals surface area contributed by atoms with E-state index in [4.69, 9.17) is 9.47 Å². The number of aromatic nitrogens is 2. The van der Waals surface area contributed by atoms with Gasteiger partial charge < -0.3 is 20.1 Å². The van der Waals surface area contributed by atoms with E-state index in [2.05, 4.69) is 22.2 Å². The lowest BCUT2D eigenvalue weighted by molar-refractivity contribution is -0.120. The highest BCUT2D eigenvalue weighted by Gasteiger charge is 2.16. The molecular formula is C14H22N4O4. The van der Waals surface area contributed by atoms with Gasteiger partial charge in [-0.05, 0) is 27.4 Å². The highest BCUT2D eigenvalue weighted by Crippen LogP contribution is 2.06. The fourth-order valence-corrected chi connectivity index (χ4v) is 1.37. The van der Waals surface area contributed by atoms with Crippen LogP contribution in [-0.2, 0) is 14.3 Å². The van der Waals surface area contributed by atoms with Crippen LogP contribution in [0.2, 0.25) is 0 Å². The van der Waals surface area contributed by atoms with E-state index >= 15 is 0 Å². The molecule has 1 aromatic rings. The number of carbonyl (C=O) groups is 2. The largest absolute Gasteiger partial charge is 0.477 e. The second-order valence-electron chi connectivity index (χ2n) is 5.42. The third-order valence-electron chi connectivity index (χ3n) is 2.28. The van der Waals surface area contributed by atoms with Crippen molar-refractivity contribution in [3.63, 3.8) is 0 Å². The Morgan fingerprint density at radius 3 is 2.64 bits per heavy atom. The third-order valence-corrected chi connectivity index (χ3v) is 2.28. The molecule has 1 rings (SSSR count). The van der Waals surface area contributed by atoms with E-state index in [9.17, 15) is 9.59 Å². The van der Waals surface area contributed by atoms with Crippen LogP contribution in [0.25, 0.3) is 5.88 Å². The summed E-state index contributed by atoms with van der Waals surface area (Å²) in [6.45, 7) is 9.36. The molecule has 0 saturated carbocycles. The Kier molecular flexibility index (Phi) is 6.43. The van der Waals surface area contributed by atoms with Crippen LogP contribution < -0.4 is 10.6 Å².